The number of carbonyl (C=O) groups is 2. The maximum Gasteiger partial charge on any atom is 0.163 e. The summed E-state index contributed by atoms with van der Waals surface area (Å²) in [6.45, 7) is 18.1. The maximum absolute atomic E-state index is 13.4. The lowest BCUT2D eigenvalue weighted by Gasteiger charge is -2.60. The Morgan fingerprint density at radius 1 is 0.833 bits per heavy atom. The van der Waals surface area contributed by atoms with Crippen LogP contribution in [0.4, 0.5) is 0 Å². The molecule has 1 heterocycles. The normalized spacial score (nSPS) is 49.9. The molecule has 1 saturated heterocycles. The summed E-state index contributed by atoms with van der Waals surface area (Å²) in [6.07, 6.45) is 5.24. The zero-order valence-electron chi connectivity index (χ0n) is 23.9. The molecule has 0 bridgehead atoms. The summed E-state index contributed by atoms with van der Waals surface area (Å²) >= 11 is 0. The van der Waals surface area contributed by atoms with Gasteiger partial charge in [-0.1, -0.05) is 41.5 Å². The van der Waals surface area contributed by atoms with Crippen LogP contribution in [0, 0.1) is 58.2 Å². The first-order valence-electron chi connectivity index (χ1n) is 14.8. The van der Waals surface area contributed by atoms with Crippen molar-refractivity contribution in [3.05, 3.63) is 0 Å². The number of ketones is 2. The van der Waals surface area contributed by atoms with Crippen molar-refractivity contribution in [1.82, 2.24) is 0 Å². The SMILES string of the molecule is CC(C)[C@@H](C)[C@H]1OC(C)(C)O[C@@H]1[C@@H](C)[C@H]1CC[C@H]2[C@@H]3CC(=O)[C@H]4CC(=O)[C@H](O)C[C@]4(C)[C@H]3CC[C@]12C. The van der Waals surface area contributed by atoms with E-state index in [4.69, 9.17) is 9.47 Å². The van der Waals surface area contributed by atoms with Gasteiger partial charge in [0.05, 0.1) is 12.2 Å². The van der Waals surface area contributed by atoms with Gasteiger partial charge in [0.1, 0.15) is 11.9 Å². The van der Waals surface area contributed by atoms with Gasteiger partial charge in [-0.15, -0.1) is 0 Å². The molecule has 204 valence electrons. The van der Waals surface area contributed by atoms with Crippen molar-refractivity contribution in [2.24, 2.45) is 58.2 Å². The number of rotatable bonds is 4. The summed E-state index contributed by atoms with van der Waals surface area (Å²) in [5, 5.41) is 10.5. The van der Waals surface area contributed by atoms with Crippen LogP contribution in [0.5, 0.6) is 0 Å². The van der Waals surface area contributed by atoms with Crippen LogP contribution in [0.2, 0.25) is 0 Å². The van der Waals surface area contributed by atoms with Crippen molar-refractivity contribution in [3.63, 3.8) is 0 Å². The van der Waals surface area contributed by atoms with E-state index in [9.17, 15) is 14.7 Å². The maximum atomic E-state index is 13.4. The second-order valence-electron chi connectivity index (χ2n) is 14.8. The monoisotopic (exact) mass is 502 g/mol. The minimum Gasteiger partial charge on any atom is -0.385 e. The molecule has 36 heavy (non-hydrogen) atoms. The Hall–Kier alpha value is -0.780. The highest BCUT2D eigenvalue weighted by atomic mass is 16.8. The summed E-state index contributed by atoms with van der Waals surface area (Å²) in [5.41, 5.74) is -0.0581. The van der Waals surface area contributed by atoms with E-state index in [1.165, 1.54) is 12.8 Å². The summed E-state index contributed by atoms with van der Waals surface area (Å²) < 4.78 is 13.1. The molecule has 4 saturated carbocycles. The smallest absolute Gasteiger partial charge is 0.163 e. The molecule has 5 fully saturated rings. The summed E-state index contributed by atoms with van der Waals surface area (Å²) in [6, 6.07) is 0. The van der Waals surface area contributed by atoms with Gasteiger partial charge in [-0.2, -0.15) is 0 Å². The predicted octanol–water partition coefficient (Wildman–Crippen LogP) is 5.81. The highest BCUT2D eigenvalue weighted by Gasteiger charge is 2.64. The highest BCUT2D eigenvalue weighted by Crippen LogP contribution is 2.68. The Morgan fingerprint density at radius 3 is 2.14 bits per heavy atom. The molecule has 0 amide bonds. The van der Waals surface area contributed by atoms with E-state index >= 15 is 0 Å². The molecular formula is C31H50O5. The lowest BCUT2D eigenvalue weighted by Crippen LogP contribution is -2.59. The van der Waals surface area contributed by atoms with Gasteiger partial charge in [-0.3, -0.25) is 9.59 Å². The molecular weight excluding hydrogens is 452 g/mol. The van der Waals surface area contributed by atoms with Gasteiger partial charge in [0.25, 0.3) is 0 Å². The number of hydrogen-bond acceptors (Lipinski definition) is 5. The van der Waals surface area contributed by atoms with E-state index in [1.54, 1.807) is 0 Å². The molecule has 0 aromatic carbocycles. The molecule has 0 radical (unpaired) electrons. The molecule has 1 N–H and O–H groups in total. The van der Waals surface area contributed by atoms with Gasteiger partial charge < -0.3 is 14.6 Å². The predicted molar refractivity (Wildman–Crippen MR) is 139 cm³/mol. The summed E-state index contributed by atoms with van der Waals surface area (Å²) in [4.78, 5) is 25.8. The van der Waals surface area contributed by atoms with Gasteiger partial charge in [0, 0.05) is 18.8 Å². The molecule has 0 unspecified atom stereocenters. The van der Waals surface area contributed by atoms with Gasteiger partial charge in [0.15, 0.2) is 11.6 Å². The Morgan fingerprint density at radius 2 is 1.47 bits per heavy atom. The van der Waals surface area contributed by atoms with E-state index in [1.807, 2.05) is 0 Å². The lowest BCUT2D eigenvalue weighted by atomic mass is 9.44. The summed E-state index contributed by atoms with van der Waals surface area (Å²) in [5.74, 6) is 2.61. The van der Waals surface area contributed by atoms with E-state index in [2.05, 4.69) is 55.4 Å². The van der Waals surface area contributed by atoms with Crippen LogP contribution in [0.1, 0.15) is 100 Å². The molecule has 12 atom stereocenters. The van der Waals surface area contributed by atoms with Crippen LogP contribution in [-0.4, -0.2) is 40.8 Å². The Labute approximate surface area is 218 Å². The lowest BCUT2D eigenvalue weighted by molar-refractivity contribution is -0.170. The minimum atomic E-state index is -0.898. The number of aliphatic hydroxyl groups is 1. The van der Waals surface area contributed by atoms with E-state index in [0.717, 1.165) is 12.8 Å². The second kappa shape index (κ2) is 8.88. The van der Waals surface area contributed by atoms with Gasteiger partial charge in [0.2, 0.25) is 0 Å². The fourth-order valence-corrected chi connectivity index (χ4v) is 10.0. The van der Waals surface area contributed by atoms with Crippen LogP contribution < -0.4 is 0 Å². The zero-order valence-corrected chi connectivity index (χ0v) is 23.9. The molecule has 5 nitrogen and oxygen atoms in total. The average Bonchev–Trinajstić information content (AvgIpc) is 3.31. The Bertz CT molecular complexity index is 895. The number of Topliss-reactive ketones (excluding diaryl/α,β-unsaturated/α-hetero) is 2. The van der Waals surface area contributed by atoms with E-state index < -0.39 is 11.9 Å². The van der Waals surface area contributed by atoms with Crippen LogP contribution in [-0.2, 0) is 19.1 Å². The van der Waals surface area contributed by atoms with Crippen molar-refractivity contribution in [1.29, 1.82) is 0 Å². The first-order chi connectivity index (χ1) is 16.7. The van der Waals surface area contributed by atoms with Crippen LogP contribution in [0.25, 0.3) is 0 Å². The van der Waals surface area contributed by atoms with Crippen molar-refractivity contribution in [2.75, 3.05) is 0 Å². The van der Waals surface area contributed by atoms with Crippen molar-refractivity contribution in [3.8, 4) is 0 Å². The van der Waals surface area contributed by atoms with E-state index in [-0.39, 0.29) is 46.9 Å². The molecule has 5 heteroatoms. The Balaban J connectivity index is 1.40. The Kier molecular flexibility index (Phi) is 6.61. The molecule has 0 aromatic rings. The number of fused-ring (bicyclic) bond motifs is 5. The molecule has 1 aliphatic heterocycles. The largest absolute Gasteiger partial charge is 0.385 e. The molecule has 0 aromatic heterocycles. The van der Waals surface area contributed by atoms with E-state index in [0.29, 0.717) is 54.3 Å². The molecule has 0 spiro atoms. The van der Waals surface area contributed by atoms with Crippen LogP contribution in [0.15, 0.2) is 0 Å². The second-order valence-corrected chi connectivity index (χ2v) is 14.8. The number of hydrogen-bond donors (Lipinski definition) is 1. The highest BCUT2D eigenvalue weighted by molar-refractivity contribution is 5.92. The molecule has 4 aliphatic carbocycles. The van der Waals surface area contributed by atoms with Gasteiger partial charge >= 0.3 is 0 Å². The molecule has 5 aliphatic rings. The minimum absolute atomic E-state index is 0.0880. The average molecular weight is 503 g/mol. The fraction of sp³-hybridized carbons (Fsp3) is 0.935. The van der Waals surface area contributed by atoms with Gasteiger partial charge in [-0.05, 0) is 98.2 Å². The standard InChI is InChI=1S/C31H50O5/c1-16(2)17(3)27-28(36-29(5,6)35-27)18(4)20-9-10-21-19-13-24(32)23-14-25(33)26(34)15-31(23,8)22(19)11-12-30(20,21)7/h16-23,26-28,34H,9-15H2,1-8H3/t17-,18+,19+,20-,21+,22+,23-,26-,27-,28-,30-,31-/m1/s1. The number of ether oxygens (including phenoxy) is 2. The van der Waals surface area contributed by atoms with Crippen LogP contribution >= 0.6 is 0 Å². The number of carbonyl (C=O) groups excluding carboxylic acids is 2. The first-order valence-corrected chi connectivity index (χ1v) is 14.8. The zero-order chi connectivity index (χ0) is 26.4. The van der Waals surface area contributed by atoms with Crippen molar-refractivity contribution < 1.29 is 24.2 Å². The summed E-state index contributed by atoms with van der Waals surface area (Å²) in [7, 11) is 0. The van der Waals surface area contributed by atoms with Crippen LogP contribution in [0.3, 0.4) is 0 Å². The van der Waals surface area contributed by atoms with Crippen molar-refractivity contribution >= 4 is 11.6 Å². The van der Waals surface area contributed by atoms with Crippen molar-refractivity contribution in [2.45, 2.75) is 124 Å². The number of aliphatic hydroxyl groups excluding tert-OH is 1. The third kappa shape index (κ3) is 3.97. The quantitative estimate of drug-likeness (QED) is 0.525. The first kappa shape index (κ1) is 26.8. The van der Waals surface area contributed by atoms with Gasteiger partial charge in [-0.25, -0.2) is 0 Å². The third-order valence-corrected chi connectivity index (χ3v) is 12.3. The topological polar surface area (TPSA) is 72.8 Å². The fourth-order valence-electron chi connectivity index (χ4n) is 10.0. The third-order valence-electron chi connectivity index (χ3n) is 12.3. The molecule has 5 rings (SSSR count).